The highest BCUT2D eigenvalue weighted by Gasteiger charge is 2.17. The fourth-order valence-electron chi connectivity index (χ4n) is 1.73. The molecule has 0 spiro atoms. The van der Waals surface area contributed by atoms with Crippen molar-refractivity contribution in [3.63, 3.8) is 0 Å². The Hall–Kier alpha value is -1.11. The standard InChI is InChI=1S/C12H15N/c1-8(2)12-7-10-9(3)5-4-6-11(10)13-12/h4-6,8H,7H2,1-3H3. The van der Waals surface area contributed by atoms with Crippen molar-refractivity contribution in [1.82, 2.24) is 0 Å². The van der Waals surface area contributed by atoms with E-state index in [0.717, 1.165) is 6.42 Å². The average molecular weight is 173 g/mol. The molecule has 0 bridgehead atoms. The van der Waals surface area contributed by atoms with E-state index >= 15 is 0 Å². The third-order valence-electron chi connectivity index (χ3n) is 2.67. The molecule has 0 radical (unpaired) electrons. The zero-order valence-corrected chi connectivity index (χ0v) is 8.46. The summed E-state index contributed by atoms with van der Waals surface area (Å²) in [6.45, 7) is 6.58. The highest BCUT2D eigenvalue weighted by Crippen LogP contribution is 2.30. The van der Waals surface area contributed by atoms with Crippen LogP contribution in [0.1, 0.15) is 25.0 Å². The first kappa shape index (κ1) is 8.49. The smallest absolute Gasteiger partial charge is 0.0667 e. The van der Waals surface area contributed by atoms with E-state index < -0.39 is 0 Å². The number of fused-ring (bicyclic) bond motifs is 1. The third-order valence-corrected chi connectivity index (χ3v) is 2.67. The number of aliphatic imine (C=N–C) groups is 1. The van der Waals surface area contributed by atoms with Gasteiger partial charge < -0.3 is 0 Å². The molecule has 0 saturated carbocycles. The Labute approximate surface area is 79.5 Å². The molecule has 0 fully saturated rings. The molecule has 0 N–H and O–H groups in total. The fraction of sp³-hybridized carbons (Fsp3) is 0.417. The van der Waals surface area contributed by atoms with Gasteiger partial charge in [0.25, 0.3) is 0 Å². The van der Waals surface area contributed by atoms with E-state index in [1.165, 1.54) is 22.5 Å². The van der Waals surface area contributed by atoms with Crippen molar-refractivity contribution in [3.05, 3.63) is 29.3 Å². The second-order valence-electron chi connectivity index (χ2n) is 4.01. The van der Waals surface area contributed by atoms with Gasteiger partial charge in [-0.05, 0) is 30.0 Å². The Morgan fingerprint density at radius 2 is 2.08 bits per heavy atom. The molecule has 0 saturated heterocycles. The van der Waals surface area contributed by atoms with Crippen molar-refractivity contribution >= 4 is 11.4 Å². The largest absolute Gasteiger partial charge is 0.257 e. The monoisotopic (exact) mass is 173 g/mol. The van der Waals surface area contributed by atoms with Gasteiger partial charge >= 0.3 is 0 Å². The lowest BCUT2D eigenvalue weighted by Crippen LogP contribution is -2.06. The maximum atomic E-state index is 4.63. The fourth-order valence-corrected chi connectivity index (χ4v) is 1.73. The van der Waals surface area contributed by atoms with E-state index in [1.807, 2.05) is 0 Å². The summed E-state index contributed by atoms with van der Waals surface area (Å²) in [6.07, 6.45) is 1.06. The van der Waals surface area contributed by atoms with Crippen LogP contribution in [0.2, 0.25) is 0 Å². The van der Waals surface area contributed by atoms with Crippen LogP contribution in [-0.2, 0) is 6.42 Å². The minimum Gasteiger partial charge on any atom is -0.257 e. The minimum atomic E-state index is 0.576. The molecule has 2 rings (SSSR count). The second-order valence-corrected chi connectivity index (χ2v) is 4.01. The van der Waals surface area contributed by atoms with E-state index in [0.29, 0.717) is 5.92 Å². The maximum Gasteiger partial charge on any atom is 0.0667 e. The first-order valence-electron chi connectivity index (χ1n) is 4.84. The molecule has 13 heavy (non-hydrogen) atoms. The van der Waals surface area contributed by atoms with Gasteiger partial charge in [0.2, 0.25) is 0 Å². The number of hydrogen-bond donors (Lipinski definition) is 0. The van der Waals surface area contributed by atoms with Crippen LogP contribution in [0, 0.1) is 12.8 Å². The van der Waals surface area contributed by atoms with Gasteiger partial charge in [-0.1, -0.05) is 26.0 Å². The summed E-state index contributed by atoms with van der Waals surface area (Å²) >= 11 is 0. The van der Waals surface area contributed by atoms with Gasteiger partial charge in [-0.3, -0.25) is 4.99 Å². The van der Waals surface area contributed by atoms with Crippen LogP contribution in [0.15, 0.2) is 23.2 Å². The number of aryl methyl sites for hydroxylation is 1. The molecule has 0 unspecified atom stereocenters. The summed E-state index contributed by atoms with van der Waals surface area (Å²) in [5, 5.41) is 0. The van der Waals surface area contributed by atoms with E-state index in [2.05, 4.69) is 44.0 Å². The summed E-state index contributed by atoms with van der Waals surface area (Å²) in [5.41, 5.74) is 5.30. The summed E-state index contributed by atoms with van der Waals surface area (Å²) < 4.78 is 0. The number of nitrogens with zero attached hydrogens (tertiary/aromatic N) is 1. The van der Waals surface area contributed by atoms with Gasteiger partial charge in [0.1, 0.15) is 0 Å². The molecular weight excluding hydrogens is 158 g/mol. The first-order chi connectivity index (χ1) is 6.18. The van der Waals surface area contributed by atoms with Crippen molar-refractivity contribution < 1.29 is 0 Å². The van der Waals surface area contributed by atoms with E-state index in [1.54, 1.807) is 0 Å². The summed E-state index contributed by atoms with van der Waals surface area (Å²) in [4.78, 5) is 4.63. The van der Waals surface area contributed by atoms with Crippen molar-refractivity contribution in [3.8, 4) is 0 Å². The van der Waals surface area contributed by atoms with E-state index in [4.69, 9.17) is 0 Å². The van der Waals surface area contributed by atoms with Crippen LogP contribution < -0.4 is 0 Å². The lowest BCUT2D eigenvalue weighted by molar-refractivity contribution is 0.871. The van der Waals surface area contributed by atoms with Gasteiger partial charge in [0.15, 0.2) is 0 Å². The Morgan fingerprint density at radius 3 is 2.69 bits per heavy atom. The normalized spacial score (nSPS) is 14.6. The van der Waals surface area contributed by atoms with Crippen LogP contribution in [0.5, 0.6) is 0 Å². The molecule has 1 nitrogen and oxygen atoms in total. The van der Waals surface area contributed by atoms with Crippen LogP contribution in [0.3, 0.4) is 0 Å². The van der Waals surface area contributed by atoms with Gasteiger partial charge in [0.05, 0.1) is 5.69 Å². The molecule has 1 aliphatic heterocycles. The lowest BCUT2D eigenvalue weighted by atomic mass is 9.99. The maximum absolute atomic E-state index is 4.63. The zero-order chi connectivity index (χ0) is 9.42. The van der Waals surface area contributed by atoms with E-state index in [9.17, 15) is 0 Å². The Bertz CT molecular complexity index is 361. The molecule has 1 aromatic rings. The molecule has 0 amide bonds. The quantitative estimate of drug-likeness (QED) is 0.618. The first-order valence-corrected chi connectivity index (χ1v) is 4.84. The SMILES string of the molecule is Cc1cccc2c1CC(C(C)C)=N2. The van der Waals surface area contributed by atoms with Gasteiger partial charge in [-0.25, -0.2) is 0 Å². The lowest BCUT2D eigenvalue weighted by Gasteiger charge is -2.03. The van der Waals surface area contributed by atoms with E-state index in [-0.39, 0.29) is 0 Å². The molecule has 1 heterocycles. The molecular formula is C12H15N. The van der Waals surface area contributed by atoms with Gasteiger partial charge in [0, 0.05) is 12.1 Å². The van der Waals surface area contributed by atoms with Crippen molar-refractivity contribution in [1.29, 1.82) is 0 Å². The highest BCUT2D eigenvalue weighted by atomic mass is 14.8. The van der Waals surface area contributed by atoms with Crippen molar-refractivity contribution in [2.75, 3.05) is 0 Å². The highest BCUT2D eigenvalue weighted by molar-refractivity contribution is 5.95. The molecule has 0 aliphatic carbocycles. The summed E-state index contributed by atoms with van der Waals surface area (Å²) in [7, 11) is 0. The van der Waals surface area contributed by atoms with Gasteiger partial charge in [-0.2, -0.15) is 0 Å². The summed E-state index contributed by atoms with van der Waals surface area (Å²) in [6, 6.07) is 6.36. The Balaban J connectivity index is 2.41. The number of hydrogen-bond acceptors (Lipinski definition) is 1. The molecule has 68 valence electrons. The van der Waals surface area contributed by atoms with Crippen LogP contribution in [-0.4, -0.2) is 5.71 Å². The predicted molar refractivity (Wildman–Crippen MR) is 56.8 cm³/mol. The molecule has 1 aliphatic rings. The Morgan fingerprint density at radius 1 is 1.31 bits per heavy atom. The second kappa shape index (κ2) is 2.99. The molecule has 1 aromatic carbocycles. The molecule has 0 atom stereocenters. The van der Waals surface area contributed by atoms with Crippen LogP contribution >= 0.6 is 0 Å². The van der Waals surface area contributed by atoms with Crippen molar-refractivity contribution in [2.45, 2.75) is 27.2 Å². The van der Waals surface area contributed by atoms with Crippen LogP contribution in [0.25, 0.3) is 0 Å². The minimum absolute atomic E-state index is 0.576. The number of rotatable bonds is 1. The van der Waals surface area contributed by atoms with Crippen molar-refractivity contribution in [2.24, 2.45) is 10.9 Å². The zero-order valence-electron chi connectivity index (χ0n) is 8.46. The topological polar surface area (TPSA) is 12.4 Å². The molecule has 1 heteroatoms. The Kier molecular flexibility index (Phi) is 1.95. The van der Waals surface area contributed by atoms with Crippen LogP contribution in [0.4, 0.5) is 5.69 Å². The molecule has 0 aromatic heterocycles. The number of benzene rings is 1. The van der Waals surface area contributed by atoms with Gasteiger partial charge in [-0.15, -0.1) is 0 Å². The predicted octanol–water partition coefficient (Wildman–Crippen LogP) is 3.28. The average Bonchev–Trinajstić information content (AvgIpc) is 2.49. The third kappa shape index (κ3) is 1.39. The summed E-state index contributed by atoms with van der Waals surface area (Å²) in [5.74, 6) is 0.576.